The number of benzene rings is 2. The summed E-state index contributed by atoms with van der Waals surface area (Å²) in [4.78, 5) is 12.8. The Morgan fingerprint density at radius 3 is 2.26 bits per heavy atom. The van der Waals surface area contributed by atoms with Gasteiger partial charge in [-0.25, -0.2) is 4.68 Å². The summed E-state index contributed by atoms with van der Waals surface area (Å²) in [5.74, 6) is -0.0797. The maximum Gasteiger partial charge on any atom is 0.215 e. The fraction of sp³-hybridized carbons (Fsp3) is 0.158. The molecule has 0 saturated carbocycles. The van der Waals surface area contributed by atoms with Crippen molar-refractivity contribution in [1.29, 1.82) is 0 Å². The lowest BCUT2D eigenvalue weighted by Gasteiger charge is -2.05. The van der Waals surface area contributed by atoms with Crippen molar-refractivity contribution in [1.82, 2.24) is 9.78 Å². The summed E-state index contributed by atoms with van der Waals surface area (Å²) in [5.41, 5.74) is 4.88. The molecule has 0 spiro atoms. The van der Waals surface area contributed by atoms with Crippen LogP contribution in [-0.2, 0) is 0 Å². The lowest BCUT2D eigenvalue weighted by molar-refractivity contribution is 0.103. The molecule has 3 aromatic rings. The van der Waals surface area contributed by atoms with Crippen LogP contribution >= 0.6 is 0 Å². The second-order valence-electron chi connectivity index (χ2n) is 5.50. The fourth-order valence-electron chi connectivity index (χ4n) is 2.62. The number of carbonyl (C=O) groups excluding carboxylic acids is 1. The molecule has 0 bridgehead atoms. The first-order valence-electron chi connectivity index (χ1n) is 7.56. The minimum Gasteiger partial charge on any atom is -0.385 e. The number of nitrogens with zero attached hydrogens (tertiary/aromatic N) is 2. The van der Waals surface area contributed by atoms with Gasteiger partial charge < -0.3 is 5.32 Å². The molecule has 4 heteroatoms. The van der Waals surface area contributed by atoms with E-state index in [0.717, 1.165) is 17.1 Å². The van der Waals surface area contributed by atoms with Crippen LogP contribution in [0.25, 0.3) is 5.69 Å². The van der Waals surface area contributed by atoms with Gasteiger partial charge in [0, 0.05) is 12.6 Å². The van der Waals surface area contributed by atoms with E-state index in [0.29, 0.717) is 11.3 Å². The van der Waals surface area contributed by atoms with Gasteiger partial charge in [-0.1, -0.05) is 48.0 Å². The van der Waals surface area contributed by atoms with Crippen LogP contribution < -0.4 is 5.32 Å². The number of hydrogen-bond acceptors (Lipinski definition) is 3. The van der Waals surface area contributed by atoms with Crippen molar-refractivity contribution >= 4 is 11.5 Å². The van der Waals surface area contributed by atoms with E-state index in [-0.39, 0.29) is 5.78 Å². The Bertz CT molecular complexity index is 833. The second kappa shape index (κ2) is 6.08. The van der Waals surface area contributed by atoms with Crippen molar-refractivity contribution in [3.63, 3.8) is 0 Å². The molecule has 116 valence electrons. The van der Waals surface area contributed by atoms with Gasteiger partial charge in [0.2, 0.25) is 5.78 Å². The zero-order chi connectivity index (χ0) is 16.4. The number of hydrogen-bond donors (Lipinski definition) is 1. The normalized spacial score (nSPS) is 10.6. The Hall–Kier alpha value is -2.88. The minimum absolute atomic E-state index is 0.0797. The lowest BCUT2D eigenvalue weighted by atomic mass is 10.1. The van der Waals surface area contributed by atoms with Gasteiger partial charge in [0.1, 0.15) is 0 Å². The Balaban J connectivity index is 2.10. The zero-order valence-corrected chi connectivity index (χ0v) is 13.5. The molecule has 23 heavy (non-hydrogen) atoms. The molecule has 0 fully saturated rings. The highest BCUT2D eigenvalue weighted by Gasteiger charge is 2.21. The van der Waals surface area contributed by atoms with Crippen molar-refractivity contribution in [3.8, 4) is 5.69 Å². The molecule has 1 heterocycles. The van der Waals surface area contributed by atoms with Crippen molar-refractivity contribution in [2.75, 3.05) is 12.4 Å². The first-order valence-corrected chi connectivity index (χ1v) is 7.56. The molecule has 0 unspecified atom stereocenters. The van der Waals surface area contributed by atoms with Gasteiger partial charge in [-0.15, -0.1) is 0 Å². The molecule has 1 N–H and O–H groups in total. The fourth-order valence-corrected chi connectivity index (χ4v) is 2.62. The average molecular weight is 305 g/mol. The third kappa shape index (κ3) is 2.75. The maximum absolute atomic E-state index is 12.8. The second-order valence-corrected chi connectivity index (χ2v) is 5.50. The van der Waals surface area contributed by atoms with E-state index < -0.39 is 0 Å². The quantitative estimate of drug-likeness (QED) is 0.747. The van der Waals surface area contributed by atoms with Gasteiger partial charge >= 0.3 is 0 Å². The highest BCUT2D eigenvalue weighted by molar-refractivity contribution is 6.11. The molecule has 2 aromatic carbocycles. The van der Waals surface area contributed by atoms with Gasteiger partial charge in [-0.05, 0) is 26.0 Å². The molecule has 3 rings (SSSR count). The Labute approximate surface area is 135 Å². The van der Waals surface area contributed by atoms with Crippen molar-refractivity contribution in [2.24, 2.45) is 0 Å². The van der Waals surface area contributed by atoms with E-state index in [1.165, 1.54) is 5.56 Å². The molecular formula is C19H19N3O. The number of nitrogens with one attached hydrogen (secondary N) is 1. The standard InChI is InChI=1S/C19H19N3O/c1-13-9-11-16(12-10-13)22-14(2)17(20-3)18(21-22)19(23)15-7-5-4-6-8-15/h4-12,20H,1-3H3. The number of rotatable bonds is 4. The van der Waals surface area contributed by atoms with E-state index in [2.05, 4.69) is 10.4 Å². The maximum atomic E-state index is 12.8. The van der Waals surface area contributed by atoms with Crippen molar-refractivity contribution < 1.29 is 4.79 Å². The smallest absolute Gasteiger partial charge is 0.215 e. The number of anilines is 1. The predicted octanol–water partition coefficient (Wildman–Crippen LogP) is 3.76. The average Bonchev–Trinajstić information content (AvgIpc) is 2.92. The first-order chi connectivity index (χ1) is 11.1. The molecule has 4 nitrogen and oxygen atoms in total. The number of aromatic nitrogens is 2. The molecule has 0 radical (unpaired) electrons. The molecule has 1 aromatic heterocycles. The molecule has 0 amide bonds. The Morgan fingerprint density at radius 1 is 1.00 bits per heavy atom. The van der Waals surface area contributed by atoms with E-state index in [9.17, 15) is 4.79 Å². The monoisotopic (exact) mass is 305 g/mol. The van der Waals surface area contributed by atoms with Crippen LogP contribution in [0.2, 0.25) is 0 Å². The first kappa shape index (κ1) is 15.0. The summed E-state index contributed by atoms with van der Waals surface area (Å²) in [6, 6.07) is 17.3. The van der Waals surface area contributed by atoms with Gasteiger partial charge in [0.15, 0.2) is 5.69 Å². The molecule has 0 aliphatic heterocycles. The summed E-state index contributed by atoms with van der Waals surface area (Å²) < 4.78 is 1.81. The predicted molar refractivity (Wildman–Crippen MR) is 92.5 cm³/mol. The molecular weight excluding hydrogens is 286 g/mol. The third-order valence-corrected chi connectivity index (χ3v) is 3.90. The Morgan fingerprint density at radius 2 is 1.65 bits per heavy atom. The van der Waals surface area contributed by atoms with Crippen LogP contribution in [0.5, 0.6) is 0 Å². The third-order valence-electron chi connectivity index (χ3n) is 3.90. The Kier molecular flexibility index (Phi) is 3.98. The van der Waals surface area contributed by atoms with E-state index in [1.54, 1.807) is 4.68 Å². The summed E-state index contributed by atoms with van der Waals surface area (Å²) >= 11 is 0. The molecule has 0 aliphatic carbocycles. The molecule has 0 atom stereocenters. The van der Waals surface area contributed by atoms with Crippen LogP contribution in [0.1, 0.15) is 27.3 Å². The summed E-state index contributed by atoms with van der Waals surface area (Å²) in [6.45, 7) is 4.00. The summed E-state index contributed by atoms with van der Waals surface area (Å²) in [5, 5.41) is 7.67. The van der Waals surface area contributed by atoms with Crippen molar-refractivity contribution in [3.05, 3.63) is 77.1 Å². The van der Waals surface area contributed by atoms with Crippen LogP contribution in [0.3, 0.4) is 0 Å². The van der Waals surface area contributed by atoms with Crippen LogP contribution in [-0.4, -0.2) is 22.6 Å². The largest absolute Gasteiger partial charge is 0.385 e. The van der Waals surface area contributed by atoms with Gasteiger partial charge in [-0.2, -0.15) is 5.10 Å². The highest BCUT2D eigenvalue weighted by atomic mass is 16.1. The van der Waals surface area contributed by atoms with Gasteiger partial charge in [0.05, 0.1) is 17.1 Å². The van der Waals surface area contributed by atoms with Crippen molar-refractivity contribution in [2.45, 2.75) is 13.8 Å². The number of carbonyl (C=O) groups is 1. The molecule has 0 saturated heterocycles. The topological polar surface area (TPSA) is 46.9 Å². The van der Waals surface area contributed by atoms with E-state index in [4.69, 9.17) is 0 Å². The van der Waals surface area contributed by atoms with Crippen LogP contribution in [0.4, 0.5) is 5.69 Å². The number of aryl methyl sites for hydroxylation is 1. The van der Waals surface area contributed by atoms with Gasteiger partial charge in [-0.3, -0.25) is 4.79 Å². The number of ketones is 1. The van der Waals surface area contributed by atoms with E-state index >= 15 is 0 Å². The SMILES string of the molecule is CNc1c(C(=O)c2ccccc2)nn(-c2ccc(C)cc2)c1C. The summed E-state index contributed by atoms with van der Waals surface area (Å²) in [7, 11) is 1.81. The molecule has 0 aliphatic rings. The minimum atomic E-state index is -0.0797. The van der Waals surface area contributed by atoms with Gasteiger partial charge in [0.25, 0.3) is 0 Å². The van der Waals surface area contributed by atoms with Crippen LogP contribution in [0, 0.1) is 13.8 Å². The lowest BCUT2D eigenvalue weighted by Crippen LogP contribution is -2.06. The zero-order valence-electron chi connectivity index (χ0n) is 13.5. The highest BCUT2D eigenvalue weighted by Crippen LogP contribution is 2.25. The van der Waals surface area contributed by atoms with Crippen LogP contribution in [0.15, 0.2) is 54.6 Å². The summed E-state index contributed by atoms with van der Waals surface area (Å²) in [6.07, 6.45) is 0. The van der Waals surface area contributed by atoms with E-state index in [1.807, 2.05) is 75.5 Å².